The monoisotopic (exact) mass is 1520 g/mol. The zero-order chi connectivity index (χ0) is 71.8. The normalized spacial score (nSPS) is 12.5. The van der Waals surface area contributed by atoms with Gasteiger partial charge in [-0.05, 0) is 217 Å². The molecule has 0 saturated carbocycles. The summed E-state index contributed by atoms with van der Waals surface area (Å²) in [5, 5.41) is 19.2. The number of halogens is 3. The van der Waals surface area contributed by atoms with Gasteiger partial charge in [0.2, 0.25) is 0 Å². The number of aryl methyl sites for hydroxylation is 7. The van der Waals surface area contributed by atoms with Crippen LogP contribution in [0.5, 0.6) is 0 Å². The first kappa shape index (κ1) is 83.3. The van der Waals surface area contributed by atoms with Gasteiger partial charge in [0.25, 0.3) is 0 Å². The number of hydrogen-bond acceptors (Lipinski definition) is 13. The van der Waals surface area contributed by atoms with Crippen molar-refractivity contribution in [1.82, 2.24) is 29.1 Å². The number of carbonyl (C=O) groups is 3. The number of thiophene rings is 2. The number of methoxy groups -OCH3 is 2. The molecular weight excluding hydrogens is 1430 g/mol. The molecule has 0 radical (unpaired) electrons. The van der Waals surface area contributed by atoms with Crippen LogP contribution in [0.1, 0.15) is 158 Å². The van der Waals surface area contributed by atoms with Gasteiger partial charge in [-0.2, -0.15) is 40.5 Å². The maximum atomic E-state index is 13.1. The molecule has 3 atom stereocenters. The van der Waals surface area contributed by atoms with Crippen LogP contribution in [0.25, 0.3) is 66.5 Å². The van der Waals surface area contributed by atoms with Crippen molar-refractivity contribution in [2.24, 2.45) is 0 Å². The van der Waals surface area contributed by atoms with Gasteiger partial charge in [0, 0.05) is 109 Å². The highest BCUT2D eigenvalue weighted by Gasteiger charge is 2.38. The van der Waals surface area contributed by atoms with Crippen LogP contribution in [0.4, 0.5) is 0 Å². The Morgan fingerprint density at radius 2 is 0.792 bits per heavy atom. The predicted molar refractivity (Wildman–Crippen MR) is 430 cm³/mol. The van der Waals surface area contributed by atoms with E-state index >= 15 is 0 Å². The van der Waals surface area contributed by atoms with E-state index in [9.17, 15) is 19.5 Å². The lowest BCUT2D eigenvalue weighted by atomic mass is 9.91. The van der Waals surface area contributed by atoms with E-state index < -0.39 is 53.0 Å². The number of carboxylic acid groups (broad SMARTS) is 1. The fourth-order valence-electron chi connectivity index (χ4n) is 12.4. The highest BCUT2D eigenvalue weighted by molar-refractivity contribution is 7.59. The Bertz CT molecular complexity index is 4740. The number of aromatic nitrogens is 6. The SMILES string of the molecule is COC(=O)[C@@H](OC(C)(C)C)c1c(C)nc2[nH]c(C)c(C)c2c1-c1ccc(Cl)cc1.COC(=O)[C@@H](OC(C)(C)C)c1c(C)nc2c(c(C)c(C)n2Cc2cccs2)c1-c1ccc(Cl)cc1.Cc1nc2c(c(C)c(C)n2Cc2cccs2)c(-c2ccc(Cl)cc2)c1[C@H](OC(C)(C)C)C(=O)O.S.S.S. The quantitative estimate of drug-likeness (QED) is 0.0875. The van der Waals surface area contributed by atoms with Crippen LogP contribution in [0.15, 0.2) is 108 Å². The number of aliphatic carboxylic acids is 1. The van der Waals surface area contributed by atoms with Gasteiger partial charge >= 0.3 is 17.9 Å². The summed E-state index contributed by atoms with van der Waals surface area (Å²) in [6.07, 6.45) is -3.00. The van der Waals surface area contributed by atoms with Crippen LogP contribution in [0.3, 0.4) is 0 Å². The van der Waals surface area contributed by atoms with Crippen molar-refractivity contribution in [3.05, 3.63) is 200 Å². The van der Waals surface area contributed by atoms with E-state index in [1.165, 1.54) is 24.0 Å². The number of esters is 2. The lowest BCUT2D eigenvalue weighted by molar-refractivity contribution is -0.164. The molecule has 0 aliphatic rings. The second kappa shape index (κ2) is 33.8. The van der Waals surface area contributed by atoms with Crippen LogP contribution in [0, 0.1) is 62.3 Å². The van der Waals surface area contributed by atoms with E-state index in [2.05, 4.69) is 70.8 Å². The number of ether oxygens (including phenoxy) is 5. The molecule has 0 fully saturated rings. The number of rotatable bonds is 16. The Morgan fingerprint density at radius 3 is 1.10 bits per heavy atom. The van der Waals surface area contributed by atoms with Crippen LogP contribution >= 0.6 is 98.0 Å². The number of aromatic amines is 1. The number of carbonyl (C=O) groups excluding carboxylic acids is 2. The van der Waals surface area contributed by atoms with Crippen molar-refractivity contribution in [3.8, 4) is 33.4 Å². The third-order valence-electron chi connectivity index (χ3n) is 17.1. The van der Waals surface area contributed by atoms with Gasteiger partial charge in [-0.3, -0.25) is 0 Å². The maximum Gasteiger partial charge on any atom is 0.339 e. The molecule has 8 heterocycles. The molecule has 3 aromatic carbocycles. The highest BCUT2D eigenvalue weighted by atomic mass is 35.5. The van der Waals surface area contributed by atoms with E-state index in [-0.39, 0.29) is 40.5 Å². The van der Waals surface area contributed by atoms with E-state index in [4.69, 9.17) is 73.4 Å². The zero-order valence-corrected chi connectivity index (χ0v) is 67.8. The second-order valence-electron chi connectivity index (χ2n) is 27.4. The Labute approximate surface area is 637 Å². The standard InChI is InChI=1S/C28H31ClN2O3S.C27H29ClN2O3S.C23H27ClN2O3.3H2S/c1-16-18(3)31(15-21-9-8-14-35-21)26-22(16)24(19-10-12-20(29)13-11-19)23(17(2)30-26)25(27(32)33-7)34-28(4,5)6;1-15-17(3)30(14-20-8-7-13-34-20)25-21(15)23(18-9-11-19(28)12-10-18)22(16(2)29-25)24(26(31)32)33-27(4,5)6;1-12-13(2)25-21-17(12)19(15-8-10-16(24)11-9-15)18(14(3)26-21)20(22(27)28-7)29-23(4,5)6;;;/h8-14,25H,15H2,1-7H3;7-13,24H,14H2,1-6H3,(H,31,32);8-11,20H,1-7H3,(H,25,26);3*1H2/t25-;24-;20-;;;/m000.../s1. The molecule has 11 rings (SSSR count). The zero-order valence-electron chi connectivity index (χ0n) is 60.9. The number of fused-ring (bicyclic) bond motifs is 3. The fraction of sp³-hybridized carbons (Fsp3) is 0.359. The Kier molecular flexibility index (Phi) is 27.9. The maximum absolute atomic E-state index is 13.1. The Hall–Kier alpha value is -6.66. The van der Waals surface area contributed by atoms with Crippen molar-refractivity contribution in [2.75, 3.05) is 14.2 Å². The molecule has 2 N–H and O–H groups in total. The number of H-pyrrole nitrogens is 1. The number of benzene rings is 3. The van der Waals surface area contributed by atoms with Gasteiger partial charge in [0.05, 0.1) is 44.1 Å². The average molecular weight is 1530 g/mol. The molecule has 0 aliphatic heterocycles. The Balaban J connectivity index is 0.000000236. The fourth-order valence-corrected chi connectivity index (χ4v) is 14.2. The third kappa shape index (κ3) is 18.7. The molecule has 0 unspecified atom stereocenters. The van der Waals surface area contributed by atoms with E-state index in [1.807, 2.05) is 176 Å². The number of nitrogens with zero attached hydrogens (tertiary/aromatic N) is 5. The molecule has 0 spiro atoms. The van der Waals surface area contributed by atoms with Gasteiger partial charge < -0.3 is 42.9 Å². The number of carboxylic acids is 1. The van der Waals surface area contributed by atoms with Gasteiger partial charge in [0.15, 0.2) is 18.3 Å². The van der Waals surface area contributed by atoms with E-state index in [0.29, 0.717) is 44.1 Å². The minimum Gasteiger partial charge on any atom is -0.479 e. The highest BCUT2D eigenvalue weighted by Crippen LogP contribution is 2.46. The number of pyridine rings is 3. The molecular formula is C78H93Cl3N6O9S5. The molecule has 0 saturated heterocycles. The van der Waals surface area contributed by atoms with Gasteiger partial charge in [-0.1, -0.05) is 83.3 Å². The molecule has 0 bridgehead atoms. The molecule has 15 nitrogen and oxygen atoms in total. The molecule has 8 aromatic heterocycles. The van der Waals surface area contributed by atoms with E-state index in [1.54, 1.807) is 22.7 Å². The van der Waals surface area contributed by atoms with Crippen molar-refractivity contribution in [1.29, 1.82) is 0 Å². The van der Waals surface area contributed by atoms with E-state index in [0.717, 1.165) is 118 Å². The second-order valence-corrected chi connectivity index (χ2v) is 30.8. The van der Waals surface area contributed by atoms with Crippen molar-refractivity contribution in [2.45, 2.75) is 173 Å². The average Bonchev–Trinajstić information content (AvgIpc) is 1.64. The van der Waals surface area contributed by atoms with Gasteiger partial charge in [-0.15, -0.1) is 22.7 Å². The summed E-state index contributed by atoms with van der Waals surface area (Å²) in [4.78, 5) is 59.0. The summed E-state index contributed by atoms with van der Waals surface area (Å²) in [6.45, 7) is 36.7. The topological polar surface area (TPSA) is 182 Å². The van der Waals surface area contributed by atoms with Gasteiger partial charge in [-0.25, -0.2) is 29.3 Å². The van der Waals surface area contributed by atoms with Crippen LogP contribution < -0.4 is 0 Å². The minimum absolute atomic E-state index is 0. The van der Waals surface area contributed by atoms with Crippen molar-refractivity contribution >= 4 is 149 Å². The summed E-state index contributed by atoms with van der Waals surface area (Å²) in [5.74, 6) is -1.95. The van der Waals surface area contributed by atoms with Crippen molar-refractivity contribution in [3.63, 3.8) is 0 Å². The van der Waals surface area contributed by atoms with Crippen molar-refractivity contribution < 1.29 is 43.2 Å². The lowest BCUT2D eigenvalue weighted by Crippen LogP contribution is -2.29. The smallest absolute Gasteiger partial charge is 0.339 e. The predicted octanol–water partition coefficient (Wildman–Crippen LogP) is 20.9. The lowest BCUT2D eigenvalue weighted by Gasteiger charge is -2.28. The summed E-state index contributed by atoms with van der Waals surface area (Å²) in [5.41, 5.74) is 16.8. The number of nitrogens with one attached hydrogen (secondary N) is 1. The molecule has 101 heavy (non-hydrogen) atoms. The summed E-state index contributed by atoms with van der Waals surface area (Å²) >= 11 is 22.0. The summed E-state index contributed by atoms with van der Waals surface area (Å²) in [6, 6.07) is 31.2. The first-order valence-electron chi connectivity index (χ1n) is 32.3. The van der Waals surface area contributed by atoms with Crippen LogP contribution in [-0.2, 0) is 51.2 Å². The largest absolute Gasteiger partial charge is 0.479 e. The summed E-state index contributed by atoms with van der Waals surface area (Å²) in [7, 11) is 2.76. The minimum atomic E-state index is -1.16. The molecule has 11 aromatic rings. The van der Waals surface area contributed by atoms with Crippen LogP contribution in [-0.4, -0.2) is 83.1 Å². The summed E-state index contributed by atoms with van der Waals surface area (Å²) < 4.78 is 33.4. The molecule has 0 aliphatic carbocycles. The first-order chi connectivity index (χ1) is 46.0. The molecule has 23 heteroatoms. The molecule has 0 amide bonds. The Morgan fingerprint density at radius 1 is 0.475 bits per heavy atom. The first-order valence-corrected chi connectivity index (χ1v) is 35.2. The van der Waals surface area contributed by atoms with Gasteiger partial charge in [0.1, 0.15) is 16.9 Å². The third-order valence-corrected chi connectivity index (χ3v) is 19.6. The van der Waals surface area contributed by atoms with Crippen LogP contribution in [0.2, 0.25) is 15.1 Å². The number of hydrogen-bond donors (Lipinski definition) is 2. The molecule has 540 valence electrons.